The lowest BCUT2D eigenvalue weighted by Gasteiger charge is -2.25. The molecule has 1 aliphatic rings. The van der Waals surface area contributed by atoms with E-state index in [1.807, 2.05) is 6.92 Å². The highest BCUT2D eigenvalue weighted by Gasteiger charge is 2.44. The molecule has 5 nitrogen and oxygen atoms in total. The zero-order valence-corrected chi connectivity index (χ0v) is 11.4. The number of hydrogen-bond donors (Lipinski definition) is 1. The van der Waals surface area contributed by atoms with Crippen molar-refractivity contribution < 1.29 is 19.0 Å². The fourth-order valence-electron chi connectivity index (χ4n) is 2.23. The SMILES string of the molecule is COc1ccc(C(=O)C2(C)COCC2N)cc1OC. The van der Waals surface area contributed by atoms with E-state index >= 15 is 0 Å². The summed E-state index contributed by atoms with van der Waals surface area (Å²) in [4.78, 5) is 12.6. The molecule has 0 radical (unpaired) electrons. The topological polar surface area (TPSA) is 70.8 Å². The van der Waals surface area contributed by atoms with Gasteiger partial charge in [-0.25, -0.2) is 0 Å². The third kappa shape index (κ3) is 2.31. The maximum Gasteiger partial charge on any atom is 0.172 e. The molecule has 2 atom stereocenters. The molecule has 2 unspecified atom stereocenters. The average Bonchev–Trinajstić information content (AvgIpc) is 2.78. The summed E-state index contributed by atoms with van der Waals surface area (Å²) < 4.78 is 15.7. The van der Waals surface area contributed by atoms with Gasteiger partial charge in [-0.2, -0.15) is 0 Å². The van der Waals surface area contributed by atoms with Gasteiger partial charge in [0.15, 0.2) is 17.3 Å². The van der Waals surface area contributed by atoms with Crippen LogP contribution in [0.5, 0.6) is 11.5 Å². The van der Waals surface area contributed by atoms with Crippen molar-refractivity contribution in [3.8, 4) is 11.5 Å². The summed E-state index contributed by atoms with van der Waals surface area (Å²) in [6, 6.07) is 4.84. The van der Waals surface area contributed by atoms with Gasteiger partial charge in [-0.15, -0.1) is 0 Å². The number of hydrogen-bond acceptors (Lipinski definition) is 5. The standard InChI is InChI=1S/C14H19NO4/c1-14(8-19-7-12(14)15)13(16)9-4-5-10(17-2)11(6-9)18-3/h4-6,12H,7-8,15H2,1-3H3. The van der Waals surface area contributed by atoms with E-state index in [2.05, 4.69) is 0 Å². The van der Waals surface area contributed by atoms with Crippen molar-refractivity contribution in [1.29, 1.82) is 0 Å². The predicted octanol–water partition coefficient (Wildman–Crippen LogP) is 1.25. The highest BCUT2D eigenvalue weighted by molar-refractivity contribution is 6.01. The monoisotopic (exact) mass is 265 g/mol. The summed E-state index contributed by atoms with van der Waals surface area (Å²) in [5.74, 6) is 1.10. The zero-order chi connectivity index (χ0) is 14.0. The van der Waals surface area contributed by atoms with E-state index in [1.54, 1.807) is 25.3 Å². The number of ketones is 1. The maximum absolute atomic E-state index is 12.6. The Hall–Kier alpha value is -1.59. The molecular weight excluding hydrogens is 246 g/mol. The molecule has 1 fully saturated rings. The van der Waals surface area contributed by atoms with Gasteiger partial charge < -0.3 is 19.9 Å². The smallest absolute Gasteiger partial charge is 0.172 e. The quantitative estimate of drug-likeness (QED) is 0.830. The Morgan fingerprint density at radius 3 is 2.58 bits per heavy atom. The molecule has 104 valence electrons. The number of ether oxygens (including phenoxy) is 3. The van der Waals surface area contributed by atoms with Crippen LogP contribution in [0.1, 0.15) is 17.3 Å². The number of carbonyl (C=O) groups is 1. The van der Waals surface area contributed by atoms with Crippen LogP contribution in [0.15, 0.2) is 18.2 Å². The van der Waals surface area contributed by atoms with Gasteiger partial charge in [0.05, 0.1) is 32.8 Å². The van der Waals surface area contributed by atoms with Crippen molar-refractivity contribution in [3.05, 3.63) is 23.8 Å². The molecule has 0 spiro atoms. The molecule has 19 heavy (non-hydrogen) atoms. The normalized spacial score (nSPS) is 26.2. The molecule has 2 N–H and O–H groups in total. The van der Waals surface area contributed by atoms with Gasteiger partial charge in [-0.3, -0.25) is 4.79 Å². The van der Waals surface area contributed by atoms with Crippen LogP contribution in [-0.4, -0.2) is 39.3 Å². The van der Waals surface area contributed by atoms with E-state index in [0.717, 1.165) is 0 Å². The Morgan fingerprint density at radius 1 is 1.37 bits per heavy atom. The van der Waals surface area contributed by atoms with E-state index < -0.39 is 5.41 Å². The predicted molar refractivity (Wildman–Crippen MR) is 70.8 cm³/mol. The number of methoxy groups -OCH3 is 2. The first-order valence-corrected chi connectivity index (χ1v) is 6.13. The molecule has 0 bridgehead atoms. The third-order valence-corrected chi connectivity index (χ3v) is 3.68. The number of rotatable bonds is 4. The summed E-state index contributed by atoms with van der Waals surface area (Å²) in [5, 5.41) is 0. The molecule has 1 heterocycles. The zero-order valence-electron chi connectivity index (χ0n) is 11.4. The van der Waals surface area contributed by atoms with Crippen LogP contribution in [0.3, 0.4) is 0 Å². The first-order valence-electron chi connectivity index (χ1n) is 6.13. The maximum atomic E-state index is 12.6. The number of Topliss-reactive ketones (excluding diaryl/α,β-unsaturated/α-hetero) is 1. The van der Waals surface area contributed by atoms with Crippen LogP contribution >= 0.6 is 0 Å². The van der Waals surface area contributed by atoms with Crippen LogP contribution < -0.4 is 15.2 Å². The summed E-state index contributed by atoms with van der Waals surface area (Å²) in [6.45, 7) is 2.60. The lowest BCUT2D eigenvalue weighted by atomic mass is 9.78. The molecular formula is C14H19NO4. The lowest BCUT2D eigenvalue weighted by molar-refractivity contribution is 0.0767. The highest BCUT2D eigenvalue weighted by atomic mass is 16.5. The van der Waals surface area contributed by atoms with Crippen molar-refractivity contribution in [1.82, 2.24) is 0 Å². The number of carbonyl (C=O) groups excluding carboxylic acids is 1. The van der Waals surface area contributed by atoms with Gasteiger partial charge in [0.1, 0.15) is 0 Å². The summed E-state index contributed by atoms with van der Waals surface area (Å²) in [6.07, 6.45) is 0. The second-order valence-electron chi connectivity index (χ2n) is 4.94. The molecule has 2 rings (SSSR count). The van der Waals surface area contributed by atoms with Crippen molar-refractivity contribution in [2.75, 3.05) is 27.4 Å². The van der Waals surface area contributed by atoms with E-state index in [1.165, 1.54) is 7.11 Å². The van der Waals surface area contributed by atoms with Crippen LogP contribution in [-0.2, 0) is 4.74 Å². The third-order valence-electron chi connectivity index (χ3n) is 3.68. The Morgan fingerprint density at radius 2 is 2.05 bits per heavy atom. The first-order chi connectivity index (χ1) is 9.02. The molecule has 0 aromatic heterocycles. The average molecular weight is 265 g/mol. The van der Waals surface area contributed by atoms with Crippen LogP contribution in [0.4, 0.5) is 0 Å². The minimum Gasteiger partial charge on any atom is -0.493 e. The van der Waals surface area contributed by atoms with Gasteiger partial charge in [-0.05, 0) is 25.1 Å². The number of benzene rings is 1. The fraction of sp³-hybridized carbons (Fsp3) is 0.500. The molecule has 0 saturated carbocycles. The molecule has 0 aliphatic carbocycles. The van der Waals surface area contributed by atoms with Crippen molar-refractivity contribution in [3.63, 3.8) is 0 Å². The van der Waals surface area contributed by atoms with Crippen LogP contribution in [0, 0.1) is 5.41 Å². The van der Waals surface area contributed by atoms with Crippen molar-refractivity contribution >= 4 is 5.78 Å². The second kappa shape index (κ2) is 5.19. The Labute approximate surface area is 112 Å². The van der Waals surface area contributed by atoms with Gasteiger partial charge in [0, 0.05) is 11.6 Å². The molecule has 1 aromatic carbocycles. The van der Waals surface area contributed by atoms with E-state index in [9.17, 15) is 4.79 Å². The van der Waals surface area contributed by atoms with Gasteiger partial charge in [0.2, 0.25) is 0 Å². The second-order valence-corrected chi connectivity index (χ2v) is 4.94. The molecule has 1 aliphatic heterocycles. The van der Waals surface area contributed by atoms with Crippen molar-refractivity contribution in [2.45, 2.75) is 13.0 Å². The Kier molecular flexibility index (Phi) is 3.78. The highest BCUT2D eigenvalue weighted by Crippen LogP contribution is 2.34. The van der Waals surface area contributed by atoms with Crippen LogP contribution in [0.25, 0.3) is 0 Å². The fourth-order valence-corrected chi connectivity index (χ4v) is 2.23. The summed E-state index contributed by atoms with van der Waals surface area (Å²) in [7, 11) is 3.10. The molecule has 0 amide bonds. The minimum atomic E-state index is -0.681. The summed E-state index contributed by atoms with van der Waals surface area (Å²) in [5.41, 5.74) is 5.85. The van der Waals surface area contributed by atoms with Crippen molar-refractivity contribution in [2.24, 2.45) is 11.1 Å². The molecule has 1 aromatic rings. The molecule has 1 saturated heterocycles. The molecule has 5 heteroatoms. The van der Waals surface area contributed by atoms with E-state index in [0.29, 0.717) is 30.3 Å². The van der Waals surface area contributed by atoms with Crippen LogP contribution in [0.2, 0.25) is 0 Å². The Balaban J connectivity index is 2.34. The van der Waals surface area contributed by atoms with Gasteiger partial charge in [0.25, 0.3) is 0 Å². The number of nitrogens with two attached hydrogens (primary N) is 1. The largest absolute Gasteiger partial charge is 0.493 e. The van der Waals surface area contributed by atoms with Gasteiger partial charge in [-0.1, -0.05) is 0 Å². The first kappa shape index (κ1) is 13.8. The minimum absolute atomic E-state index is 0.0292. The lowest BCUT2D eigenvalue weighted by Crippen LogP contribution is -2.44. The van der Waals surface area contributed by atoms with E-state index in [4.69, 9.17) is 19.9 Å². The van der Waals surface area contributed by atoms with E-state index in [-0.39, 0.29) is 11.8 Å². The van der Waals surface area contributed by atoms with Gasteiger partial charge >= 0.3 is 0 Å². The summed E-state index contributed by atoms with van der Waals surface area (Å²) >= 11 is 0. The Bertz CT molecular complexity index is 488.